The number of hydrogen-bond acceptors (Lipinski definition) is 3. The zero-order valence-corrected chi connectivity index (χ0v) is 13.9. The molecule has 23 heavy (non-hydrogen) atoms. The van der Waals surface area contributed by atoms with Gasteiger partial charge in [-0.1, -0.05) is 0 Å². The van der Waals surface area contributed by atoms with Crippen LogP contribution in [0.3, 0.4) is 0 Å². The average Bonchev–Trinajstić information content (AvgIpc) is 2.57. The Morgan fingerprint density at radius 3 is 2.48 bits per heavy atom. The maximum Gasteiger partial charge on any atom is 0.126 e. The summed E-state index contributed by atoms with van der Waals surface area (Å²) in [6, 6.07) is 3.70. The largest absolute Gasteiger partial charge is 0.381 e. The molecule has 0 aliphatic carbocycles. The summed E-state index contributed by atoms with van der Waals surface area (Å²) in [7, 11) is 0. The van der Waals surface area contributed by atoms with E-state index >= 15 is 0 Å². The zero-order valence-electron chi connectivity index (χ0n) is 13.9. The highest BCUT2D eigenvalue weighted by Gasteiger charge is 2.35. The van der Waals surface area contributed by atoms with Crippen LogP contribution in [0, 0.1) is 11.6 Å². The van der Waals surface area contributed by atoms with E-state index in [9.17, 15) is 8.78 Å². The minimum atomic E-state index is -0.362. The molecule has 2 fully saturated rings. The second-order valence-corrected chi connectivity index (χ2v) is 6.92. The number of piperazine rings is 1. The maximum absolute atomic E-state index is 13.7. The van der Waals surface area contributed by atoms with Gasteiger partial charge in [0, 0.05) is 51.5 Å². The molecule has 3 rings (SSSR count). The van der Waals surface area contributed by atoms with Gasteiger partial charge >= 0.3 is 0 Å². The van der Waals surface area contributed by atoms with Crippen molar-refractivity contribution in [3.05, 3.63) is 35.4 Å². The van der Waals surface area contributed by atoms with E-state index in [-0.39, 0.29) is 17.2 Å². The molecule has 128 valence electrons. The molecule has 2 heterocycles. The van der Waals surface area contributed by atoms with Gasteiger partial charge in [-0.3, -0.25) is 4.90 Å². The van der Waals surface area contributed by atoms with E-state index in [2.05, 4.69) is 16.7 Å². The molecule has 3 nitrogen and oxygen atoms in total. The Morgan fingerprint density at radius 2 is 1.78 bits per heavy atom. The summed E-state index contributed by atoms with van der Waals surface area (Å²) in [5, 5.41) is 0. The van der Waals surface area contributed by atoms with Crippen LogP contribution in [-0.2, 0) is 11.2 Å². The summed E-state index contributed by atoms with van der Waals surface area (Å²) >= 11 is 0. The Balaban J connectivity index is 1.48. The van der Waals surface area contributed by atoms with Crippen molar-refractivity contribution < 1.29 is 13.5 Å². The van der Waals surface area contributed by atoms with Crippen molar-refractivity contribution in [1.82, 2.24) is 9.80 Å². The molecule has 0 spiro atoms. The van der Waals surface area contributed by atoms with Crippen LogP contribution in [0.5, 0.6) is 0 Å². The molecule has 0 atom stereocenters. The van der Waals surface area contributed by atoms with Gasteiger partial charge in [-0.15, -0.1) is 0 Å². The second-order valence-electron chi connectivity index (χ2n) is 6.92. The van der Waals surface area contributed by atoms with Crippen molar-refractivity contribution in [3.63, 3.8) is 0 Å². The van der Waals surface area contributed by atoms with E-state index in [1.807, 2.05) is 0 Å². The van der Waals surface area contributed by atoms with Crippen molar-refractivity contribution >= 4 is 0 Å². The lowest BCUT2D eigenvalue weighted by molar-refractivity contribution is -0.0375. The van der Waals surface area contributed by atoms with Crippen molar-refractivity contribution in [3.8, 4) is 0 Å². The predicted molar refractivity (Wildman–Crippen MR) is 86.5 cm³/mol. The molecule has 2 aliphatic rings. The highest BCUT2D eigenvalue weighted by Crippen LogP contribution is 2.28. The number of halogens is 2. The fraction of sp³-hybridized carbons (Fsp3) is 0.667. The van der Waals surface area contributed by atoms with Gasteiger partial charge in [0.25, 0.3) is 0 Å². The van der Waals surface area contributed by atoms with Crippen LogP contribution in [-0.4, -0.2) is 61.3 Å². The Morgan fingerprint density at radius 1 is 1.09 bits per heavy atom. The smallest absolute Gasteiger partial charge is 0.126 e. The van der Waals surface area contributed by atoms with Gasteiger partial charge in [-0.25, -0.2) is 8.78 Å². The van der Waals surface area contributed by atoms with Crippen molar-refractivity contribution in [2.75, 3.05) is 45.9 Å². The average molecular weight is 324 g/mol. The summed E-state index contributed by atoms with van der Waals surface area (Å²) in [6.45, 7) is 8.91. The van der Waals surface area contributed by atoms with Gasteiger partial charge in [0.05, 0.1) is 0 Å². The fourth-order valence-corrected chi connectivity index (χ4v) is 3.65. The number of benzene rings is 1. The molecule has 1 aromatic rings. The van der Waals surface area contributed by atoms with Crippen LogP contribution in [0.1, 0.15) is 25.3 Å². The fourth-order valence-electron chi connectivity index (χ4n) is 3.65. The molecule has 1 aromatic carbocycles. The van der Waals surface area contributed by atoms with Gasteiger partial charge < -0.3 is 9.64 Å². The van der Waals surface area contributed by atoms with Crippen LogP contribution in [0.4, 0.5) is 8.78 Å². The van der Waals surface area contributed by atoms with Gasteiger partial charge in [-0.2, -0.15) is 0 Å². The van der Waals surface area contributed by atoms with Crippen LogP contribution in [0.2, 0.25) is 0 Å². The third-order valence-corrected chi connectivity index (χ3v) is 5.41. The van der Waals surface area contributed by atoms with Crippen LogP contribution < -0.4 is 0 Å². The topological polar surface area (TPSA) is 15.7 Å². The first kappa shape index (κ1) is 16.8. The first-order chi connectivity index (χ1) is 11.1. The monoisotopic (exact) mass is 324 g/mol. The van der Waals surface area contributed by atoms with Crippen LogP contribution in [0.25, 0.3) is 0 Å². The molecule has 0 amide bonds. The molecule has 2 saturated heterocycles. The minimum Gasteiger partial charge on any atom is -0.381 e. The van der Waals surface area contributed by atoms with Crippen LogP contribution >= 0.6 is 0 Å². The van der Waals surface area contributed by atoms with Crippen LogP contribution in [0.15, 0.2) is 18.2 Å². The highest BCUT2D eigenvalue weighted by molar-refractivity contribution is 5.19. The predicted octanol–water partition coefficient (Wildman–Crippen LogP) is 2.69. The molecule has 0 N–H and O–H groups in total. The minimum absolute atomic E-state index is 0.263. The van der Waals surface area contributed by atoms with E-state index in [4.69, 9.17) is 4.74 Å². The van der Waals surface area contributed by atoms with E-state index in [1.165, 1.54) is 18.2 Å². The van der Waals surface area contributed by atoms with E-state index < -0.39 is 0 Å². The van der Waals surface area contributed by atoms with Crippen molar-refractivity contribution in [2.45, 2.75) is 31.7 Å². The van der Waals surface area contributed by atoms with E-state index in [1.54, 1.807) is 0 Å². The summed E-state index contributed by atoms with van der Waals surface area (Å²) in [6.07, 6.45) is 2.76. The second kappa shape index (κ2) is 7.24. The number of nitrogens with zero attached hydrogens (tertiary/aromatic N) is 2. The summed E-state index contributed by atoms with van der Waals surface area (Å²) in [5.41, 5.74) is 0.739. The van der Waals surface area contributed by atoms with Gasteiger partial charge in [0.1, 0.15) is 11.6 Å². The van der Waals surface area contributed by atoms with Gasteiger partial charge in [0.15, 0.2) is 0 Å². The molecule has 0 bridgehead atoms. The normalized spacial score (nSPS) is 23.1. The van der Waals surface area contributed by atoms with Crippen molar-refractivity contribution in [1.29, 1.82) is 0 Å². The Kier molecular flexibility index (Phi) is 5.29. The Labute approximate surface area is 137 Å². The summed E-state index contributed by atoms with van der Waals surface area (Å²) < 4.78 is 32.4. The lowest BCUT2D eigenvalue weighted by Gasteiger charge is -2.47. The number of ether oxygens (including phenoxy) is 1. The molecular formula is C18H26F2N2O. The van der Waals surface area contributed by atoms with Gasteiger partial charge in [0.2, 0.25) is 0 Å². The van der Waals surface area contributed by atoms with E-state index in [0.29, 0.717) is 12.0 Å². The third kappa shape index (κ3) is 4.08. The summed E-state index contributed by atoms with van der Waals surface area (Å²) in [5.74, 6) is -0.668. The first-order valence-electron chi connectivity index (χ1n) is 8.56. The molecule has 2 aliphatic heterocycles. The Bertz CT molecular complexity index is 524. The van der Waals surface area contributed by atoms with Crippen molar-refractivity contribution in [2.24, 2.45) is 0 Å². The summed E-state index contributed by atoms with van der Waals surface area (Å²) in [4.78, 5) is 4.93. The molecular weight excluding hydrogens is 298 g/mol. The number of rotatable bonds is 4. The lowest BCUT2D eigenvalue weighted by atomic mass is 9.89. The molecule has 5 heteroatoms. The van der Waals surface area contributed by atoms with Gasteiger partial charge in [-0.05, 0) is 49.9 Å². The molecule has 0 radical (unpaired) electrons. The highest BCUT2D eigenvalue weighted by atomic mass is 19.1. The maximum atomic E-state index is 13.7. The Hall–Kier alpha value is -1.04. The lowest BCUT2D eigenvalue weighted by Crippen LogP contribution is -2.57. The molecule has 0 aromatic heterocycles. The standard InChI is InChI=1S/C18H26F2N2O/c1-18(5-12-23-13-6-18)22-10-8-21(9-11-22)7-4-15-14-16(19)2-3-17(15)20/h2-3,14H,4-13H2,1H3. The molecule has 0 saturated carbocycles. The molecule has 0 unspecified atom stereocenters. The number of hydrogen-bond donors (Lipinski definition) is 0. The van der Waals surface area contributed by atoms with E-state index in [0.717, 1.165) is 58.8 Å². The third-order valence-electron chi connectivity index (χ3n) is 5.41. The zero-order chi connectivity index (χ0) is 16.3. The quantitative estimate of drug-likeness (QED) is 0.847. The first-order valence-corrected chi connectivity index (χ1v) is 8.56. The SMILES string of the molecule is CC1(N2CCN(CCc3cc(F)ccc3F)CC2)CCOCC1.